The van der Waals surface area contributed by atoms with Crippen LogP contribution < -0.4 is 10.9 Å². The number of anilines is 1. The first-order chi connectivity index (χ1) is 7.41. The molecule has 6 heteroatoms. The molecule has 3 nitrogen and oxygen atoms in total. The van der Waals surface area contributed by atoms with Crippen LogP contribution in [0.3, 0.4) is 0 Å². The largest absolute Gasteiger partial charge is 0.416 e. The molecule has 0 bridgehead atoms. The Balaban J connectivity index is 2.60. The van der Waals surface area contributed by atoms with Crippen molar-refractivity contribution in [3.63, 3.8) is 0 Å². The third-order valence-electron chi connectivity index (χ3n) is 2.38. The minimum atomic E-state index is -4.50. The first-order valence-corrected chi connectivity index (χ1v) is 4.51. The number of rotatable bonds is 0. The fourth-order valence-electron chi connectivity index (χ4n) is 1.64. The lowest BCUT2D eigenvalue weighted by atomic mass is 9.99. The minimum absolute atomic E-state index is 0.0252. The Morgan fingerprint density at radius 3 is 2.50 bits per heavy atom. The number of hydrogen-bond acceptors (Lipinski definition) is 3. The van der Waals surface area contributed by atoms with E-state index in [-0.39, 0.29) is 11.3 Å². The predicted molar refractivity (Wildman–Crippen MR) is 53.1 cm³/mol. The molecule has 1 aromatic carbocycles. The molecule has 0 fully saturated rings. The lowest BCUT2D eigenvalue weighted by Crippen LogP contribution is -2.43. The number of hydrazine groups is 1. The average molecular weight is 230 g/mol. The zero-order valence-corrected chi connectivity index (χ0v) is 8.07. The highest BCUT2D eigenvalue weighted by atomic mass is 19.4. The van der Waals surface area contributed by atoms with E-state index >= 15 is 0 Å². The van der Waals surface area contributed by atoms with Gasteiger partial charge in [-0.3, -0.25) is 5.01 Å². The van der Waals surface area contributed by atoms with Gasteiger partial charge in [0.25, 0.3) is 0 Å². The molecule has 1 aliphatic rings. The maximum atomic E-state index is 12.7. The van der Waals surface area contributed by atoms with Gasteiger partial charge in [0.1, 0.15) is 0 Å². The van der Waals surface area contributed by atoms with Crippen LogP contribution in [-0.4, -0.2) is 17.5 Å². The van der Waals surface area contributed by atoms with E-state index in [0.717, 1.165) is 5.01 Å². The molecule has 86 valence electrons. The number of hydrogen-bond donors (Lipinski definition) is 2. The first-order valence-electron chi connectivity index (χ1n) is 4.51. The van der Waals surface area contributed by atoms with Crippen molar-refractivity contribution < 1.29 is 18.3 Å². The molecule has 16 heavy (non-hydrogen) atoms. The molecular weight excluding hydrogens is 221 g/mol. The minimum Gasteiger partial charge on any atom is -0.369 e. The number of aliphatic hydroxyl groups excluding tert-OH is 1. The molecule has 2 rings (SSSR count). The van der Waals surface area contributed by atoms with Gasteiger partial charge in [0.2, 0.25) is 0 Å². The first kappa shape index (κ1) is 11.0. The molecule has 1 unspecified atom stereocenters. The molecule has 1 aliphatic heterocycles. The standard InChI is InChI=1S/C10H9F3N2O/c11-10(12,13)7-5-9(16)15(14)8-4-2-1-3-6(7)8/h1-5,9,16H,14H2. The van der Waals surface area contributed by atoms with Crippen molar-refractivity contribution in [2.24, 2.45) is 5.84 Å². The topological polar surface area (TPSA) is 49.5 Å². The van der Waals surface area contributed by atoms with E-state index in [1.54, 1.807) is 6.07 Å². The molecule has 3 N–H and O–H groups in total. The zero-order valence-electron chi connectivity index (χ0n) is 8.07. The summed E-state index contributed by atoms with van der Waals surface area (Å²) in [4.78, 5) is 0. The number of alkyl halides is 3. The van der Waals surface area contributed by atoms with Crippen LogP contribution in [0.1, 0.15) is 5.56 Å². The fourth-order valence-corrected chi connectivity index (χ4v) is 1.64. The Kier molecular flexibility index (Phi) is 2.40. The highest BCUT2D eigenvalue weighted by molar-refractivity contribution is 5.82. The monoisotopic (exact) mass is 230 g/mol. The summed E-state index contributed by atoms with van der Waals surface area (Å²) < 4.78 is 38.0. The zero-order chi connectivity index (χ0) is 11.9. The van der Waals surface area contributed by atoms with Gasteiger partial charge in [-0.1, -0.05) is 18.2 Å². The molecule has 0 saturated carbocycles. The van der Waals surface area contributed by atoms with E-state index in [9.17, 15) is 18.3 Å². The van der Waals surface area contributed by atoms with Crippen LogP contribution in [0, 0.1) is 0 Å². The van der Waals surface area contributed by atoms with Crippen LogP contribution in [0.25, 0.3) is 5.57 Å². The second-order valence-corrected chi connectivity index (χ2v) is 3.42. The quantitative estimate of drug-likeness (QED) is 0.666. The molecule has 0 spiro atoms. The van der Waals surface area contributed by atoms with Gasteiger partial charge in [0.15, 0.2) is 6.23 Å². The molecule has 0 aromatic heterocycles. The second kappa shape index (κ2) is 3.50. The number of nitrogens with zero attached hydrogens (tertiary/aromatic N) is 1. The highest BCUT2D eigenvalue weighted by Crippen LogP contribution is 2.41. The van der Waals surface area contributed by atoms with Crippen molar-refractivity contribution in [2.75, 3.05) is 5.01 Å². The van der Waals surface area contributed by atoms with Gasteiger partial charge in [-0.2, -0.15) is 13.2 Å². The molecule has 0 aliphatic carbocycles. The lowest BCUT2D eigenvalue weighted by molar-refractivity contribution is -0.0697. The summed E-state index contributed by atoms with van der Waals surface area (Å²) in [6, 6.07) is 5.80. The van der Waals surface area contributed by atoms with Gasteiger partial charge < -0.3 is 5.11 Å². The lowest BCUT2D eigenvalue weighted by Gasteiger charge is -2.31. The molecule has 0 radical (unpaired) electrons. The number of allylic oxidation sites excluding steroid dienone is 1. The third kappa shape index (κ3) is 1.66. The van der Waals surface area contributed by atoms with Crippen LogP contribution in [0.2, 0.25) is 0 Å². The summed E-state index contributed by atoms with van der Waals surface area (Å²) in [7, 11) is 0. The van der Waals surface area contributed by atoms with Crippen LogP contribution >= 0.6 is 0 Å². The number of halogens is 3. The van der Waals surface area contributed by atoms with Crippen LogP contribution in [0.15, 0.2) is 30.3 Å². The summed E-state index contributed by atoms with van der Waals surface area (Å²) >= 11 is 0. The van der Waals surface area contributed by atoms with Gasteiger partial charge in [-0.25, -0.2) is 5.84 Å². The number of benzene rings is 1. The molecule has 0 saturated heterocycles. The Morgan fingerprint density at radius 2 is 1.88 bits per heavy atom. The van der Waals surface area contributed by atoms with E-state index in [0.29, 0.717) is 6.08 Å². The number of nitrogens with two attached hydrogens (primary N) is 1. The Morgan fingerprint density at radius 1 is 1.25 bits per heavy atom. The van der Waals surface area contributed by atoms with Crippen molar-refractivity contribution in [3.8, 4) is 0 Å². The summed E-state index contributed by atoms with van der Waals surface area (Å²) in [5, 5.41) is 10.3. The summed E-state index contributed by atoms with van der Waals surface area (Å²) in [6.45, 7) is 0. The van der Waals surface area contributed by atoms with Crippen molar-refractivity contribution >= 4 is 11.3 Å². The van der Waals surface area contributed by atoms with Crippen LogP contribution in [0.5, 0.6) is 0 Å². The van der Waals surface area contributed by atoms with Gasteiger partial charge >= 0.3 is 6.18 Å². The van der Waals surface area contributed by atoms with Crippen molar-refractivity contribution in [3.05, 3.63) is 35.9 Å². The van der Waals surface area contributed by atoms with Gasteiger partial charge in [-0.15, -0.1) is 0 Å². The van der Waals surface area contributed by atoms with Gasteiger partial charge in [0.05, 0.1) is 11.3 Å². The van der Waals surface area contributed by atoms with Gasteiger partial charge in [0, 0.05) is 5.56 Å². The van der Waals surface area contributed by atoms with Crippen molar-refractivity contribution in [1.29, 1.82) is 0 Å². The smallest absolute Gasteiger partial charge is 0.369 e. The van der Waals surface area contributed by atoms with E-state index in [1.807, 2.05) is 0 Å². The fraction of sp³-hybridized carbons (Fsp3) is 0.200. The van der Waals surface area contributed by atoms with E-state index in [2.05, 4.69) is 0 Å². The maximum Gasteiger partial charge on any atom is 0.416 e. The Labute approximate surface area is 89.6 Å². The van der Waals surface area contributed by atoms with E-state index in [1.165, 1.54) is 18.2 Å². The second-order valence-electron chi connectivity index (χ2n) is 3.42. The van der Waals surface area contributed by atoms with Crippen molar-refractivity contribution in [1.82, 2.24) is 0 Å². The number of fused-ring (bicyclic) bond motifs is 1. The average Bonchev–Trinajstić information content (AvgIpc) is 2.22. The summed E-state index contributed by atoms with van der Waals surface area (Å²) in [6.07, 6.45) is -5.27. The molecular formula is C10H9F3N2O. The molecule has 1 aromatic rings. The van der Waals surface area contributed by atoms with Gasteiger partial charge in [-0.05, 0) is 12.1 Å². The number of para-hydroxylation sites is 1. The third-order valence-corrected chi connectivity index (χ3v) is 2.38. The van der Waals surface area contributed by atoms with E-state index in [4.69, 9.17) is 5.84 Å². The maximum absolute atomic E-state index is 12.7. The molecule has 0 amide bonds. The van der Waals surface area contributed by atoms with Crippen LogP contribution in [0.4, 0.5) is 18.9 Å². The SMILES string of the molecule is NN1c2ccccc2C(C(F)(F)F)=CC1O. The normalized spacial score (nSPS) is 20.4. The Bertz CT molecular complexity index is 442. The van der Waals surface area contributed by atoms with Crippen molar-refractivity contribution in [2.45, 2.75) is 12.4 Å². The highest BCUT2D eigenvalue weighted by Gasteiger charge is 2.39. The Hall–Kier alpha value is -1.53. The predicted octanol–water partition coefficient (Wildman–Crippen LogP) is 1.64. The summed E-state index contributed by atoms with van der Waals surface area (Å²) in [5.41, 5.74) is -0.732. The molecule has 1 atom stereocenters. The van der Waals surface area contributed by atoms with E-state index < -0.39 is 18.0 Å². The molecule has 1 heterocycles. The number of aliphatic hydroxyl groups is 1. The summed E-state index contributed by atoms with van der Waals surface area (Å²) in [5.74, 6) is 5.47. The van der Waals surface area contributed by atoms with Crippen LogP contribution in [-0.2, 0) is 0 Å².